The molecule has 0 aliphatic carbocycles. The fourth-order valence-electron chi connectivity index (χ4n) is 5.74. The lowest BCUT2D eigenvalue weighted by molar-refractivity contribution is -0.192. The maximum atomic E-state index is 10.6. The Balaban J connectivity index is 1.50. The second-order valence-electron chi connectivity index (χ2n) is 12.5. The van der Waals surface area contributed by atoms with Crippen molar-refractivity contribution in [3.63, 3.8) is 0 Å². The summed E-state index contributed by atoms with van der Waals surface area (Å²) in [5, 5.41) is 14.1. The second kappa shape index (κ2) is 16.2. The minimum Gasteiger partial charge on any atom is -0.490 e. The van der Waals surface area contributed by atoms with Gasteiger partial charge in [-0.15, -0.1) is 0 Å². The summed E-state index contributed by atoms with van der Waals surface area (Å²) in [6.07, 6.45) is 1.43. The van der Waals surface area contributed by atoms with Gasteiger partial charge in [0.2, 0.25) is 0 Å². The Morgan fingerprint density at radius 1 is 1.07 bits per heavy atom. The van der Waals surface area contributed by atoms with Crippen LogP contribution in [0.2, 0.25) is 0 Å². The molecule has 1 saturated heterocycles. The van der Waals surface area contributed by atoms with Gasteiger partial charge in [0, 0.05) is 39.8 Å². The summed E-state index contributed by atoms with van der Waals surface area (Å²) in [6, 6.07) is 14.8. The average Bonchev–Trinajstić information content (AvgIpc) is 3.00. The van der Waals surface area contributed by atoms with Gasteiger partial charge >= 0.3 is 0 Å². The van der Waals surface area contributed by atoms with Crippen molar-refractivity contribution >= 4 is 5.69 Å². The van der Waals surface area contributed by atoms with E-state index in [2.05, 4.69) is 53.5 Å². The number of piperidine rings is 1. The van der Waals surface area contributed by atoms with Gasteiger partial charge in [-0.3, -0.25) is 0 Å². The Morgan fingerprint density at radius 3 is 2.60 bits per heavy atom. The normalized spacial score (nSPS) is 21.3. The standard InChI is InChI=1S/C34H52N2O7/c1-26(21-39-5)22-40-23-27-7-10-29(11-8-27)34(43-25-33(2,3)37)13-14-35-20-32(34)42-24-28-9-12-31-30(19-28)36(16-18-41-31)15-6-17-38-4/h7-12,19,26,32,35,37H,6,13-18,20-25H2,1-5H3/t26?,32-,34-/m0/s1. The first-order valence-electron chi connectivity index (χ1n) is 15.6. The van der Waals surface area contributed by atoms with Crippen molar-refractivity contribution in [1.82, 2.24) is 5.32 Å². The number of rotatable bonds is 17. The Bertz CT molecular complexity index is 1110. The summed E-state index contributed by atoms with van der Waals surface area (Å²) < 4.78 is 35.7. The molecule has 2 aliphatic rings. The molecule has 9 heteroatoms. The van der Waals surface area contributed by atoms with E-state index in [-0.39, 0.29) is 12.7 Å². The molecule has 0 amide bonds. The highest BCUT2D eigenvalue weighted by atomic mass is 16.6. The fraction of sp³-hybridized carbons (Fsp3) is 0.647. The molecule has 4 rings (SSSR count). The third-order valence-corrected chi connectivity index (χ3v) is 7.98. The number of benzene rings is 2. The number of methoxy groups -OCH3 is 2. The predicted octanol–water partition coefficient (Wildman–Crippen LogP) is 4.28. The fourth-order valence-corrected chi connectivity index (χ4v) is 5.74. The zero-order chi connectivity index (χ0) is 30.7. The molecule has 3 atom stereocenters. The first-order valence-corrected chi connectivity index (χ1v) is 15.6. The molecule has 1 unspecified atom stereocenters. The van der Waals surface area contributed by atoms with Crippen LogP contribution in [0.25, 0.3) is 0 Å². The van der Waals surface area contributed by atoms with Gasteiger partial charge in [0.15, 0.2) is 0 Å². The number of anilines is 1. The summed E-state index contributed by atoms with van der Waals surface area (Å²) in [4.78, 5) is 2.36. The Morgan fingerprint density at radius 2 is 1.86 bits per heavy atom. The van der Waals surface area contributed by atoms with Gasteiger partial charge in [0.1, 0.15) is 24.1 Å². The van der Waals surface area contributed by atoms with E-state index in [4.69, 9.17) is 28.4 Å². The van der Waals surface area contributed by atoms with E-state index >= 15 is 0 Å². The van der Waals surface area contributed by atoms with Crippen LogP contribution in [0.15, 0.2) is 42.5 Å². The van der Waals surface area contributed by atoms with Crippen molar-refractivity contribution in [1.29, 1.82) is 0 Å². The summed E-state index contributed by atoms with van der Waals surface area (Å²) in [7, 11) is 3.45. The third kappa shape index (κ3) is 9.62. The van der Waals surface area contributed by atoms with Crippen LogP contribution in [-0.4, -0.2) is 90.2 Å². The molecule has 0 spiro atoms. The van der Waals surface area contributed by atoms with E-state index in [1.807, 2.05) is 6.07 Å². The van der Waals surface area contributed by atoms with Crippen LogP contribution >= 0.6 is 0 Å². The number of hydrogen-bond donors (Lipinski definition) is 2. The number of aliphatic hydroxyl groups is 1. The highest BCUT2D eigenvalue weighted by Gasteiger charge is 2.45. The lowest BCUT2D eigenvalue weighted by Crippen LogP contribution is -2.55. The monoisotopic (exact) mass is 600 g/mol. The Kier molecular flexibility index (Phi) is 12.7. The van der Waals surface area contributed by atoms with Crippen molar-refractivity contribution in [2.24, 2.45) is 5.92 Å². The smallest absolute Gasteiger partial charge is 0.142 e. The summed E-state index contributed by atoms with van der Waals surface area (Å²) in [5.74, 6) is 1.25. The molecule has 2 aromatic rings. The molecule has 9 nitrogen and oxygen atoms in total. The van der Waals surface area contributed by atoms with E-state index in [1.54, 1.807) is 28.1 Å². The first kappa shape index (κ1) is 33.6. The van der Waals surface area contributed by atoms with Crippen molar-refractivity contribution in [2.45, 2.75) is 64.1 Å². The zero-order valence-electron chi connectivity index (χ0n) is 26.7. The molecular formula is C34H52N2O7. The average molecular weight is 601 g/mol. The van der Waals surface area contributed by atoms with Gasteiger partial charge < -0.3 is 43.7 Å². The zero-order valence-corrected chi connectivity index (χ0v) is 26.7. The van der Waals surface area contributed by atoms with Crippen LogP contribution in [0.4, 0.5) is 5.69 Å². The number of ether oxygens (including phenoxy) is 6. The molecule has 0 bridgehead atoms. The Labute approximate surface area is 257 Å². The number of nitrogens with zero attached hydrogens (tertiary/aromatic N) is 1. The van der Waals surface area contributed by atoms with Crippen LogP contribution in [0.3, 0.4) is 0 Å². The lowest BCUT2D eigenvalue weighted by Gasteiger charge is -2.45. The van der Waals surface area contributed by atoms with Crippen LogP contribution in [-0.2, 0) is 42.5 Å². The molecular weight excluding hydrogens is 548 g/mol. The SMILES string of the molecule is COCCCN1CCOc2ccc(CO[C@H]3CNCC[C@]3(OCC(C)(C)O)c3ccc(COCC(C)COC)cc3)cc21. The number of nitrogens with one attached hydrogen (secondary N) is 1. The molecule has 2 N–H and O–H groups in total. The molecule has 240 valence electrons. The quantitative estimate of drug-likeness (QED) is 0.258. The summed E-state index contributed by atoms with van der Waals surface area (Å²) >= 11 is 0. The topological polar surface area (TPSA) is 90.9 Å². The van der Waals surface area contributed by atoms with E-state index in [9.17, 15) is 5.11 Å². The van der Waals surface area contributed by atoms with Crippen molar-refractivity contribution in [3.8, 4) is 5.75 Å². The van der Waals surface area contributed by atoms with Crippen molar-refractivity contribution in [3.05, 3.63) is 59.2 Å². The van der Waals surface area contributed by atoms with Gasteiger partial charge in [0.25, 0.3) is 0 Å². The van der Waals surface area contributed by atoms with E-state index in [1.165, 1.54) is 0 Å². The van der Waals surface area contributed by atoms with Gasteiger partial charge in [-0.2, -0.15) is 0 Å². The van der Waals surface area contributed by atoms with Crippen LogP contribution in [0.1, 0.15) is 50.3 Å². The van der Waals surface area contributed by atoms with E-state index in [0.29, 0.717) is 45.5 Å². The molecule has 0 saturated carbocycles. The van der Waals surface area contributed by atoms with Crippen LogP contribution in [0, 0.1) is 5.92 Å². The number of fused-ring (bicyclic) bond motifs is 1. The maximum Gasteiger partial charge on any atom is 0.142 e. The predicted molar refractivity (Wildman–Crippen MR) is 168 cm³/mol. The largest absolute Gasteiger partial charge is 0.490 e. The van der Waals surface area contributed by atoms with Gasteiger partial charge in [0.05, 0.1) is 50.9 Å². The van der Waals surface area contributed by atoms with Crippen LogP contribution in [0.5, 0.6) is 5.75 Å². The molecule has 43 heavy (non-hydrogen) atoms. The lowest BCUT2D eigenvalue weighted by atomic mass is 9.81. The summed E-state index contributed by atoms with van der Waals surface area (Å²) in [6.45, 7) is 12.8. The van der Waals surface area contributed by atoms with Crippen LogP contribution < -0.4 is 15.0 Å². The van der Waals surface area contributed by atoms with Crippen molar-refractivity contribution in [2.75, 3.05) is 78.3 Å². The van der Waals surface area contributed by atoms with Gasteiger partial charge in [-0.1, -0.05) is 37.3 Å². The Hall–Kier alpha value is -2.24. The number of hydrogen-bond acceptors (Lipinski definition) is 9. The second-order valence-corrected chi connectivity index (χ2v) is 12.5. The third-order valence-electron chi connectivity index (χ3n) is 7.98. The molecule has 0 aromatic heterocycles. The molecule has 1 fully saturated rings. The summed E-state index contributed by atoms with van der Waals surface area (Å²) in [5.41, 5.74) is 2.65. The molecule has 2 aromatic carbocycles. The highest BCUT2D eigenvalue weighted by Crippen LogP contribution is 2.39. The van der Waals surface area contributed by atoms with E-state index in [0.717, 1.165) is 67.2 Å². The molecule has 2 aliphatic heterocycles. The minimum absolute atomic E-state index is 0.196. The maximum absolute atomic E-state index is 10.6. The minimum atomic E-state index is -0.972. The van der Waals surface area contributed by atoms with Gasteiger partial charge in [-0.05, 0) is 62.1 Å². The van der Waals surface area contributed by atoms with Gasteiger partial charge in [-0.25, -0.2) is 0 Å². The highest BCUT2D eigenvalue weighted by molar-refractivity contribution is 5.61. The van der Waals surface area contributed by atoms with E-state index < -0.39 is 11.2 Å². The first-order chi connectivity index (χ1) is 20.7. The van der Waals surface area contributed by atoms with Crippen molar-refractivity contribution < 1.29 is 33.5 Å². The molecule has 0 radical (unpaired) electrons. The molecule has 2 heterocycles.